The third kappa shape index (κ3) is 5.84. The van der Waals surface area contributed by atoms with Crippen LogP contribution in [-0.4, -0.2) is 25.1 Å². The molecule has 0 aliphatic rings. The summed E-state index contributed by atoms with van der Waals surface area (Å²) in [5, 5.41) is 8.33. The number of ether oxygens (including phenoxy) is 1. The molecule has 0 radical (unpaired) electrons. The first-order valence-corrected chi connectivity index (χ1v) is 8.06. The molecule has 0 atom stereocenters. The summed E-state index contributed by atoms with van der Waals surface area (Å²) in [4.78, 5) is 23.9. The molecule has 132 valence electrons. The molecular formula is C19H23N3O3. The fourth-order valence-corrected chi connectivity index (χ4v) is 2.19. The Hall–Kier alpha value is -3.02. The van der Waals surface area contributed by atoms with Gasteiger partial charge in [0.05, 0.1) is 7.11 Å². The number of amides is 3. The third-order valence-electron chi connectivity index (χ3n) is 3.41. The van der Waals surface area contributed by atoms with Crippen LogP contribution in [0.2, 0.25) is 0 Å². The van der Waals surface area contributed by atoms with Crippen LogP contribution in [0.5, 0.6) is 5.75 Å². The van der Waals surface area contributed by atoms with Crippen LogP contribution in [0.4, 0.5) is 10.5 Å². The second-order valence-corrected chi connectivity index (χ2v) is 5.86. The first-order chi connectivity index (χ1) is 12.0. The van der Waals surface area contributed by atoms with E-state index in [1.165, 1.54) is 0 Å². The fraction of sp³-hybridized carbons (Fsp3) is 0.263. The Morgan fingerprint density at radius 3 is 2.44 bits per heavy atom. The maximum absolute atomic E-state index is 12.0. The van der Waals surface area contributed by atoms with Crippen LogP contribution in [0, 0.1) is 0 Å². The number of anilines is 1. The highest BCUT2D eigenvalue weighted by atomic mass is 16.5. The quantitative estimate of drug-likeness (QED) is 0.755. The normalized spacial score (nSPS) is 10.2. The van der Waals surface area contributed by atoms with Crippen molar-refractivity contribution in [2.75, 3.05) is 12.4 Å². The Kier molecular flexibility index (Phi) is 6.39. The van der Waals surface area contributed by atoms with Crippen molar-refractivity contribution in [1.82, 2.24) is 10.6 Å². The average molecular weight is 341 g/mol. The van der Waals surface area contributed by atoms with E-state index < -0.39 is 0 Å². The highest BCUT2D eigenvalue weighted by Gasteiger charge is 2.07. The minimum Gasteiger partial charge on any atom is -0.497 e. The predicted octanol–water partition coefficient (Wildman–Crippen LogP) is 3.16. The number of urea groups is 1. The molecule has 0 saturated carbocycles. The molecule has 2 aromatic rings. The summed E-state index contributed by atoms with van der Waals surface area (Å²) in [6.07, 6.45) is 0. The van der Waals surface area contributed by atoms with E-state index in [4.69, 9.17) is 4.74 Å². The highest BCUT2D eigenvalue weighted by molar-refractivity contribution is 5.95. The van der Waals surface area contributed by atoms with Crippen LogP contribution in [-0.2, 0) is 6.54 Å². The Balaban J connectivity index is 1.86. The smallest absolute Gasteiger partial charge is 0.319 e. The summed E-state index contributed by atoms with van der Waals surface area (Å²) in [6, 6.07) is 14.0. The van der Waals surface area contributed by atoms with Crippen molar-refractivity contribution < 1.29 is 14.3 Å². The van der Waals surface area contributed by atoms with Gasteiger partial charge in [-0.15, -0.1) is 0 Å². The fourth-order valence-electron chi connectivity index (χ4n) is 2.19. The van der Waals surface area contributed by atoms with Crippen molar-refractivity contribution in [3.63, 3.8) is 0 Å². The summed E-state index contributed by atoms with van der Waals surface area (Å²) < 4.78 is 5.15. The number of nitrogens with one attached hydrogen (secondary N) is 3. The van der Waals surface area contributed by atoms with Crippen LogP contribution in [0.3, 0.4) is 0 Å². The zero-order valence-electron chi connectivity index (χ0n) is 14.6. The summed E-state index contributed by atoms with van der Waals surface area (Å²) in [5.41, 5.74) is 2.11. The lowest BCUT2D eigenvalue weighted by Crippen LogP contribution is -2.30. The van der Waals surface area contributed by atoms with Gasteiger partial charge in [-0.05, 0) is 55.8 Å². The molecule has 0 saturated heterocycles. The SMILES string of the molecule is COc1cccc(CNC(=O)Nc2ccc(C(=O)NC(C)C)cc2)c1. The molecule has 2 rings (SSSR count). The average Bonchev–Trinajstić information content (AvgIpc) is 2.60. The van der Waals surface area contributed by atoms with Gasteiger partial charge in [0.15, 0.2) is 0 Å². The summed E-state index contributed by atoms with van der Waals surface area (Å²) in [6.45, 7) is 4.19. The summed E-state index contributed by atoms with van der Waals surface area (Å²) in [5.74, 6) is 0.610. The van der Waals surface area contributed by atoms with Crippen LogP contribution >= 0.6 is 0 Å². The molecule has 2 aromatic carbocycles. The van der Waals surface area contributed by atoms with Crippen LogP contribution in [0.15, 0.2) is 48.5 Å². The van der Waals surface area contributed by atoms with E-state index in [0.29, 0.717) is 17.8 Å². The number of benzene rings is 2. The van der Waals surface area contributed by atoms with Crippen molar-refractivity contribution in [3.05, 3.63) is 59.7 Å². The van der Waals surface area contributed by atoms with E-state index in [1.54, 1.807) is 31.4 Å². The number of hydrogen-bond acceptors (Lipinski definition) is 3. The van der Waals surface area contributed by atoms with Gasteiger partial charge >= 0.3 is 6.03 Å². The van der Waals surface area contributed by atoms with Gasteiger partial charge in [0, 0.05) is 23.8 Å². The minimum atomic E-state index is -0.317. The van der Waals surface area contributed by atoms with Crippen LogP contribution in [0.25, 0.3) is 0 Å². The monoisotopic (exact) mass is 341 g/mol. The van der Waals surface area contributed by atoms with E-state index >= 15 is 0 Å². The van der Waals surface area contributed by atoms with Gasteiger partial charge in [-0.2, -0.15) is 0 Å². The number of hydrogen-bond donors (Lipinski definition) is 3. The Bertz CT molecular complexity index is 727. The Morgan fingerprint density at radius 2 is 1.80 bits per heavy atom. The van der Waals surface area contributed by atoms with Gasteiger partial charge in [-0.25, -0.2) is 4.79 Å². The molecule has 0 fully saturated rings. The van der Waals surface area contributed by atoms with Crippen LogP contribution < -0.4 is 20.7 Å². The minimum absolute atomic E-state index is 0.0766. The molecule has 0 unspecified atom stereocenters. The zero-order valence-corrected chi connectivity index (χ0v) is 14.6. The van der Waals surface area contributed by atoms with E-state index in [2.05, 4.69) is 16.0 Å². The Morgan fingerprint density at radius 1 is 1.08 bits per heavy atom. The van der Waals surface area contributed by atoms with Crippen molar-refractivity contribution >= 4 is 17.6 Å². The molecule has 0 heterocycles. The van der Waals surface area contributed by atoms with Crippen LogP contribution in [0.1, 0.15) is 29.8 Å². The van der Waals surface area contributed by atoms with Crippen molar-refractivity contribution in [2.45, 2.75) is 26.4 Å². The second-order valence-electron chi connectivity index (χ2n) is 5.86. The van der Waals surface area contributed by atoms with E-state index in [1.807, 2.05) is 38.1 Å². The van der Waals surface area contributed by atoms with Gasteiger partial charge in [-0.1, -0.05) is 12.1 Å². The number of carbonyl (C=O) groups excluding carboxylic acids is 2. The number of carbonyl (C=O) groups is 2. The topological polar surface area (TPSA) is 79.5 Å². The van der Waals surface area contributed by atoms with Gasteiger partial charge in [0.25, 0.3) is 5.91 Å². The molecule has 6 heteroatoms. The van der Waals surface area contributed by atoms with Gasteiger partial charge in [0.2, 0.25) is 0 Å². The molecule has 0 aliphatic carbocycles. The summed E-state index contributed by atoms with van der Waals surface area (Å²) in [7, 11) is 1.60. The number of rotatable bonds is 6. The zero-order chi connectivity index (χ0) is 18.2. The Labute approximate surface area is 147 Å². The number of methoxy groups -OCH3 is 1. The molecule has 0 spiro atoms. The van der Waals surface area contributed by atoms with Gasteiger partial charge in [-0.3, -0.25) is 4.79 Å². The molecule has 0 bridgehead atoms. The van der Waals surface area contributed by atoms with E-state index in [9.17, 15) is 9.59 Å². The molecule has 3 N–H and O–H groups in total. The first kappa shape index (κ1) is 18.3. The maximum Gasteiger partial charge on any atom is 0.319 e. The first-order valence-electron chi connectivity index (χ1n) is 8.06. The van der Waals surface area contributed by atoms with E-state index in [-0.39, 0.29) is 18.0 Å². The molecular weight excluding hydrogens is 318 g/mol. The largest absolute Gasteiger partial charge is 0.497 e. The molecule has 3 amide bonds. The maximum atomic E-state index is 12.0. The predicted molar refractivity (Wildman–Crippen MR) is 97.9 cm³/mol. The van der Waals surface area contributed by atoms with Gasteiger partial charge < -0.3 is 20.7 Å². The standard InChI is InChI=1S/C19H23N3O3/c1-13(2)21-18(23)15-7-9-16(10-8-15)22-19(24)20-12-14-5-4-6-17(11-14)25-3/h4-11,13H,12H2,1-3H3,(H,21,23)(H2,20,22,24). The van der Waals surface area contributed by atoms with Crippen molar-refractivity contribution in [2.24, 2.45) is 0 Å². The van der Waals surface area contributed by atoms with Gasteiger partial charge in [0.1, 0.15) is 5.75 Å². The third-order valence-corrected chi connectivity index (χ3v) is 3.41. The molecule has 6 nitrogen and oxygen atoms in total. The lowest BCUT2D eigenvalue weighted by Gasteiger charge is -2.10. The lowest BCUT2D eigenvalue weighted by atomic mass is 10.2. The molecule has 0 aromatic heterocycles. The van der Waals surface area contributed by atoms with Crippen molar-refractivity contribution in [1.29, 1.82) is 0 Å². The summed E-state index contributed by atoms with van der Waals surface area (Å²) >= 11 is 0. The van der Waals surface area contributed by atoms with Crippen molar-refractivity contribution in [3.8, 4) is 5.75 Å². The highest BCUT2D eigenvalue weighted by Crippen LogP contribution is 2.13. The molecule has 25 heavy (non-hydrogen) atoms. The molecule has 0 aliphatic heterocycles. The lowest BCUT2D eigenvalue weighted by molar-refractivity contribution is 0.0943. The second kappa shape index (κ2) is 8.73. The van der Waals surface area contributed by atoms with E-state index in [0.717, 1.165) is 11.3 Å².